The van der Waals surface area contributed by atoms with Gasteiger partial charge in [-0.1, -0.05) is 162 Å². The van der Waals surface area contributed by atoms with Gasteiger partial charge in [0.2, 0.25) is 0 Å². The van der Waals surface area contributed by atoms with Crippen molar-refractivity contribution < 1.29 is 0 Å². The molecule has 1 heteroatoms. The summed E-state index contributed by atoms with van der Waals surface area (Å²) in [7, 11) is -2.06. The second kappa shape index (κ2) is 10.3. The number of rotatable bonds is 4. The van der Waals surface area contributed by atoms with E-state index in [-0.39, 0.29) is 10.8 Å². The average Bonchev–Trinajstić information content (AvgIpc) is 3.48. The summed E-state index contributed by atoms with van der Waals surface area (Å²) in [6.45, 7) is 23.8. The van der Waals surface area contributed by atoms with Crippen LogP contribution >= 0.6 is 0 Å². The summed E-state index contributed by atoms with van der Waals surface area (Å²) in [5, 5.41) is 1.67. The molecule has 2 aliphatic rings. The molecule has 0 heterocycles. The van der Waals surface area contributed by atoms with Crippen LogP contribution in [0, 0.1) is 0 Å². The third-order valence-corrected chi connectivity index (χ3v) is 14.2. The fraction of sp³-hybridized carbons (Fsp3) is 0.333. The second-order valence-corrected chi connectivity index (χ2v) is 20.2. The van der Waals surface area contributed by atoms with Crippen LogP contribution in [0.1, 0.15) is 94.3 Å². The first kappa shape index (κ1) is 29.6. The zero-order chi connectivity index (χ0) is 30.9. The van der Waals surface area contributed by atoms with E-state index in [0.29, 0.717) is 5.54 Å². The van der Waals surface area contributed by atoms with Gasteiger partial charge in [-0.15, -0.1) is 0 Å². The lowest BCUT2D eigenvalue weighted by atomic mass is 9.85. The van der Waals surface area contributed by atoms with Gasteiger partial charge in [0.25, 0.3) is 0 Å². The summed E-state index contributed by atoms with van der Waals surface area (Å²) in [5.74, 6) is 0. The van der Waals surface area contributed by atoms with Crippen molar-refractivity contribution in [2.45, 2.75) is 91.3 Å². The Balaban J connectivity index is 1.47. The van der Waals surface area contributed by atoms with Crippen molar-refractivity contribution in [3.8, 4) is 22.3 Å². The number of allylic oxidation sites excluding steroid dienone is 2. The van der Waals surface area contributed by atoms with E-state index in [1.807, 2.05) is 0 Å². The Morgan fingerprint density at radius 2 is 1.14 bits per heavy atom. The molecule has 0 nitrogen and oxygen atoms in total. The van der Waals surface area contributed by atoms with Gasteiger partial charge in [0, 0.05) is 5.54 Å². The zero-order valence-corrected chi connectivity index (χ0v) is 28.9. The first-order valence-corrected chi connectivity index (χ1v) is 19.1. The van der Waals surface area contributed by atoms with E-state index >= 15 is 0 Å². The molecule has 0 aromatic heterocycles. The van der Waals surface area contributed by atoms with Gasteiger partial charge in [0.1, 0.15) is 0 Å². The van der Waals surface area contributed by atoms with Crippen LogP contribution in [0.15, 0.2) is 96.1 Å². The first-order chi connectivity index (χ1) is 20.2. The fourth-order valence-corrected chi connectivity index (χ4v) is 12.6. The maximum atomic E-state index is 2.64. The molecule has 0 saturated carbocycles. The van der Waals surface area contributed by atoms with Crippen molar-refractivity contribution in [2.24, 2.45) is 0 Å². The third-order valence-electron chi connectivity index (χ3n) is 10.0. The van der Waals surface area contributed by atoms with Gasteiger partial charge in [-0.25, -0.2) is 0 Å². The summed E-state index contributed by atoms with van der Waals surface area (Å²) < 4.78 is 0. The van der Waals surface area contributed by atoms with Gasteiger partial charge in [-0.05, 0) is 86.7 Å². The van der Waals surface area contributed by atoms with Crippen LogP contribution in [0.4, 0.5) is 0 Å². The summed E-state index contributed by atoms with van der Waals surface area (Å²) in [6.07, 6.45) is 3.54. The SMILES string of the molecule is CC1=Cc2cccc(-c3ccc(C(C)(C)C)cc3)c2C1[Si](C)(C)C1=C(C)Cc2cccc(-c3ccc(C(C)(C)C)cc3)c21. The molecule has 0 bridgehead atoms. The van der Waals surface area contributed by atoms with Crippen LogP contribution in [0.5, 0.6) is 0 Å². The van der Waals surface area contributed by atoms with Crippen LogP contribution in [0.3, 0.4) is 0 Å². The molecule has 4 aromatic rings. The highest BCUT2D eigenvalue weighted by Crippen LogP contribution is 2.54. The molecule has 1 atom stereocenters. The minimum absolute atomic E-state index is 0.150. The molecule has 1 unspecified atom stereocenters. The Bertz CT molecular complexity index is 1760. The summed E-state index contributed by atoms with van der Waals surface area (Å²) in [6, 6.07) is 32.7. The van der Waals surface area contributed by atoms with Gasteiger partial charge >= 0.3 is 0 Å². The van der Waals surface area contributed by atoms with E-state index in [1.54, 1.807) is 16.3 Å². The largest absolute Gasteiger partial charge is 0.0931 e. The average molecular weight is 581 g/mol. The quantitative estimate of drug-likeness (QED) is 0.211. The highest BCUT2D eigenvalue weighted by Gasteiger charge is 2.45. The van der Waals surface area contributed by atoms with E-state index in [4.69, 9.17) is 0 Å². The van der Waals surface area contributed by atoms with Crippen molar-refractivity contribution in [2.75, 3.05) is 0 Å². The predicted octanol–water partition coefficient (Wildman–Crippen LogP) is 11.9. The van der Waals surface area contributed by atoms with E-state index in [9.17, 15) is 0 Å². The minimum atomic E-state index is -2.06. The molecule has 6 rings (SSSR count). The minimum Gasteiger partial charge on any atom is -0.0690 e. The maximum absolute atomic E-state index is 2.64. The molecule has 0 amide bonds. The Morgan fingerprint density at radius 3 is 1.70 bits per heavy atom. The van der Waals surface area contributed by atoms with Crippen molar-refractivity contribution in [1.82, 2.24) is 0 Å². The molecular weight excluding hydrogens is 533 g/mol. The number of hydrogen-bond acceptors (Lipinski definition) is 0. The smallest absolute Gasteiger partial charge is 0.0690 e. The molecule has 0 radical (unpaired) electrons. The standard InChI is InChI=1S/C42H48Si/c1-27-25-31-13-11-15-35(29-17-21-33(22-18-29)41(3,4)5)37(31)39(27)43(9,10)40-28(2)26-32-14-12-16-36(38(32)40)30-19-23-34(24-20-30)42(6,7)8/h11-25,39H,26H2,1-10H3. The zero-order valence-electron chi connectivity index (χ0n) is 27.9. The predicted molar refractivity (Wildman–Crippen MR) is 191 cm³/mol. The highest BCUT2D eigenvalue weighted by atomic mass is 28.3. The van der Waals surface area contributed by atoms with Gasteiger partial charge in [0.15, 0.2) is 0 Å². The number of fused-ring (bicyclic) bond motifs is 2. The van der Waals surface area contributed by atoms with E-state index < -0.39 is 8.07 Å². The monoisotopic (exact) mass is 580 g/mol. The van der Waals surface area contributed by atoms with Gasteiger partial charge in [0.05, 0.1) is 8.07 Å². The van der Waals surface area contributed by atoms with Gasteiger partial charge < -0.3 is 0 Å². The van der Waals surface area contributed by atoms with Gasteiger partial charge in [-0.2, -0.15) is 0 Å². The Morgan fingerprint density at radius 1 is 0.628 bits per heavy atom. The fourth-order valence-electron chi connectivity index (χ4n) is 7.96. The second-order valence-electron chi connectivity index (χ2n) is 15.7. The topological polar surface area (TPSA) is 0 Å². The highest BCUT2D eigenvalue weighted by molar-refractivity contribution is 6.96. The molecule has 2 aliphatic carbocycles. The van der Waals surface area contributed by atoms with Crippen LogP contribution < -0.4 is 0 Å². The first-order valence-electron chi connectivity index (χ1n) is 16.0. The Labute approximate surface area is 261 Å². The van der Waals surface area contributed by atoms with Crippen molar-refractivity contribution in [3.05, 3.63) is 129 Å². The number of benzene rings is 4. The van der Waals surface area contributed by atoms with E-state index in [0.717, 1.165) is 6.42 Å². The Hall–Kier alpha value is -3.42. The van der Waals surface area contributed by atoms with E-state index in [1.165, 1.54) is 55.6 Å². The molecule has 0 N–H and O–H groups in total. The lowest BCUT2D eigenvalue weighted by molar-refractivity contribution is 0.590. The number of hydrogen-bond donors (Lipinski definition) is 0. The van der Waals surface area contributed by atoms with Crippen LogP contribution in [-0.4, -0.2) is 8.07 Å². The van der Waals surface area contributed by atoms with Crippen molar-refractivity contribution in [3.63, 3.8) is 0 Å². The Kier molecular flexibility index (Phi) is 7.13. The van der Waals surface area contributed by atoms with Crippen molar-refractivity contribution >= 4 is 19.3 Å². The molecule has 4 aromatic carbocycles. The van der Waals surface area contributed by atoms with Crippen LogP contribution in [-0.2, 0) is 17.3 Å². The molecule has 0 saturated heterocycles. The summed E-state index contributed by atoms with van der Waals surface area (Å²) in [4.78, 5) is 0. The lowest BCUT2D eigenvalue weighted by Crippen LogP contribution is -2.37. The molecule has 0 fully saturated rings. The molecule has 0 aliphatic heterocycles. The van der Waals surface area contributed by atoms with E-state index in [2.05, 4.69) is 159 Å². The van der Waals surface area contributed by atoms with Crippen molar-refractivity contribution in [1.29, 1.82) is 0 Å². The molecule has 43 heavy (non-hydrogen) atoms. The molecule has 220 valence electrons. The van der Waals surface area contributed by atoms with Crippen LogP contribution in [0.2, 0.25) is 13.1 Å². The molecular formula is C42H48Si. The lowest BCUT2D eigenvalue weighted by Gasteiger charge is -2.36. The summed E-state index contributed by atoms with van der Waals surface area (Å²) in [5.41, 5.74) is 18.0. The van der Waals surface area contributed by atoms with Crippen LogP contribution in [0.25, 0.3) is 33.5 Å². The normalized spacial score (nSPS) is 16.8. The summed E-state index contributed by atoms with van der Waals surface area (Å²) >= 11 is 0. The van der Waals surface area contributed by atoms with Gasteiger partial charge in [-0.3, -0.25) is 0 Å². The molecule has 0 spiro atoms. The third kappa shape index (κ3) is 5.10. The maximum Gasteiger partial charge on any atom is 0.0931 e.